The second kappa shape index (κ2) is 6.29. The maximum atomic E-state index is 12.0. The summed E-state index contributed by atoms with van der Waals surface area (Å²) in [5.74, 6) is -0.380. The smallest absolute Gasteiger partial charge is 0.270 e. The summed E-state index contributed by atoms with van der Waals surface area (Å²) in [4.78, 5) is 29.5. The number of hydrogen-bond acceptors (Lipinski definition) is 4. The number of amides is 2. The van der Waals surface area contributed by atoms with Crippen molar-refractivity contribution >= 4 is 11.8 Å². The molecule has 0 bridgehead atoms. The first-order valence-electron chi connectivity index (χ1n) is 6.38. The monoisotopic (exact) mass is 262 g/mol. The van der Waals surface area contributed by atoms with E-state index >= 15 is 0 Å². The van der Waals surface area contributed by atoms with Crippen LogP contribution in [0, 0.1) is 0 Å². The second-order valence-corrected chi connectivity index (χ2v) is 4.54. The zero-order valence-electron chi connectivity index (χ0n) is 10.9. The van der Waals surface area contributed by atoms with Gasteiger partial charge in [-0.15, -0.1) is 0 Å². The molecule has 1 aliphatic heterocycles. The highest BCUT2D eigenvalue weighted by Crippen LogP contribution is 2.02. The number of hydrogen-bond donors (Lipinski definition) is 2. The van der Waals surface area contributed by atoms with E-state index in [2.05, 4.69) is 15.6 Å². The molecule has 2 heterocycles. The molecule has 1 aromatic heterocycles. The SMILES string of the molecule is C[C@H]1CNCCN1C(=O)CNC(=O)c1ccccn1. The van der Waals surface area contributed by atoms with Gasteiger partial charge in [-0.1, -0.05) is 6.07 Å². The van der Waals surface area contributed by atoms with Crippen LogP contribution >= 0.6 is 0 Å². The van der Waals surface area contributed by atoms with Crippen LogP contribution in [0.15, 0.2) is 24.4 Å². The van der Waals surface area contributed by atoms with Crippen LogP contribution in [0.1, 0.15) is 17.4 Å². The molecule has 2 rings (SSSR count). The van der Waals surface area contributed by atoms with E-state index in [1.54, 1.807) is 29.3 Å². The van der Waals surface area contributed by atoms with Crippen molar-refractivity contribution in [2.24, 2.45) is 0 Å². The molecular weight excluding hydrogens is 244 g/mol. The zero-order valence-corrected chi connectivity index (χ0v) is 10.9. The van der Waals surface area contributed by atoms with Gasteiger partial charge in [-0.3, -0.25) is 14.6 Å². The summed E-state index contributed by atoms with van der Waals surface area (Å²) in [7, 11) is 0. The lowest BCUT2D eigenvalue weighted by Gasteiger charge is -2.34. The Morgan fingerprint density at radius 2 is 2.37 bits per heavy atom. The van der Waals surface area contributed by atoms with Crippen LogP contribution in [-0.4, -0.2) is 53.9 Å². The minimum atomic E-state index is -0.322. The van der Waals surface area contributed by atoms with E-state index in [1.807, 2.05) is 6.92 Å². The molecule has 2 amide bonds. The normalized spacial score (nSPS) is 19.0. The van der Waals surface area contributed by atoms with E-state index < -0.39 is 0 Å². The van der Waals surface area contributed by atoms with Crippen molar-refractivity contribution in [3.05, 3.63) is 30.1 Å². The molecule has 0 saturated carbocycles. The maximum Gasteiger partial charge on any atom is 0.270 e. The summed E-state index contributed by atoms with van der Waals surface area (Å²) in [6, 6.07) is 5.26. The van der Waals surface area contributed by atoms with Crippen molar-refractivity contribution in [1.29, 1.82) is 0 Å². The number of piperazine rings is 1. The quantitative estimate of drug-likeness (QED) is 0.779. The number of carbonyl (C=O) groups excluding carboxylic acids is 2. The molecule has 1 saturated heterocycles. The van der Waals surface area contributed by atoms with Crippen molar-refractivity contribution in [3.63, 3.8) is 0 Å². The average Bonchev–Trinajstić information content (AvgIpc) is 2.46. The van der Waals surface area contributed by atoms with Gasteiger partial charge in [0, 0.05) is 31.9 Å². The third-order valence-corrected chi connectivity index (χ3v) is 3.12. The predicted octanol–water partition coefficient (Wildman–Crippen LogP) is -0.368. The first-order valence-corrected chi connectivity index (χ1v) is 6.38. The largest absolute Gasteiger partial charge is 0.342 e. The zero-order chi connectivity index (χ0) is 13.7. The van der Waals surface area contributed by atoms with E-state index in [0.29, 0.717) is 12.2 Å². The van der Waals surface area contributed by atoms with Crippen LogP contribution < -0.4 is 10.6 Å². The van der Waals surface area contributed by atoms with Crippen molar-refractivity contribution < 1.29 is 9.59 Å². The van der Waals surface area contributed by atoms with E-state index in [1.165, 1.54) is 0 Å². The lowest BCUT2D eigenvalue weighted by molar-refractivity contribution is -0.132. The number of nitrogens with zero attached hydrogens (tertiary/aromatic N) is 2. The Kier molecular flexibility index (Phi) is 4.46. The van der Waals surface area contributed by atoms with Gasteiger partial charge in [0.25, 0.3) is 5.91 Å². The van der Waals surface area contributed by atoms with Crippen molar-refractivity contribution in [1.82, 2.24) is 20.5 Å². The fourth-order valence-electron chi connectivity index (χ4n) is 2.06. The molecule has 1 fully saturated rings. The van der Waals surface area contributed by atoms with E-state index in [-0.39, 0.29) is 24.4 Å². The van der Waals surface area contributed by atoms with Crippen LogP contribution in [0.3, 0.4) is 0 Å². The number of aromatic nitrogens is 1. The Bertz CT molecular complexity index is 449. The minimum absolute atomic E-state index is 0.0136. The van der Waals surface area contributed by atoms with Gasteiger partial charge in [-0.2, -0.15) is 0 Å². The van der Waals surface area contributed by atoms with Crippen molar-refractivity contribution in [2.45, 2.75) is 13.0 Å². The molecule has 0 radical (unpaired) electrons. The van der Waals surface area contributed by atoms with Crippen LogP contribution in [0.2, 0.25) is 0 Å². The molecule has 1 atom stereocenters. The Morgan fingerprint density at radius 3 is 3.05 bits per heavy atom. The van der Waals surface area contributed by atoms with Crippen LogP contribution in [0.5, 0.6) is 0 Å². The molecule has 19 heavy (non-hydrogen) atoms. The highest BCUT2D eigenvalue weighted by atomic mass is 16.2. The third-order valence-electron chi connectivity index (χ3n) is 3.12. The molecule has 1 aliphatic rings. The van der Waals surface area contributed by atoms with E-state index in [0.717, 1.165) is 13.1 Å². The summed E-state index contributed by atoms with van der Waals surface area (Å²) in [6.45, 7) is 4.27. The molecule has 6 heteroatoms. The number of nitrogens with one attached hydrogen (secondary N) is 2. The topological polar surface area (TPSA) is 74.3 Å². The Hall–Kier alpha value is -1.95. The number of carbonyl (C=O) groups is 2. The highest BCUT2D eigenvalue weighted by molar-refractivity contribution is 5.94. The van der Waals surface area contributed by atoms with Gasteiger partial charge in [-0.05, 0) is 19.1 Å². The number of pyridine rings is 1. The molecule has 0 aliphatic carbocycles. The van der Waals surface area contributed by atoms with Gasteiger partial charge in [0.05, 0.1) is 6.54 Å². The van der Waals surface area contributed by atoms with Crippen LogP contribution in [0.4, 0.5) is 0 Å². The first kappa shape index (κ1) is 13.5. The fraction of sp³-hybridized carbons (Fsp3) is 0.462. The molecule has 102 valence electrons. The maximum absolute atomic E-state index is 12.0. The molecule has 0 spiro atoms. The summed E-state index contributed by atoms with van der Waals surface area (Å²) in [6.07, 6.45) is 1.55. The molecule has 1 aromatic rings. The summed E-state index contributed by atoms with van der Waals surface area (Å²) >= 11 is 0. The van der Waals surface area contributed by atoms with E-state index in [9.17, 15) is 9.59 Å². The third kappa shape index (κ3) is 3.51. The van der Waals surface area contributed by atoms with Crippen molar-refractivity contribution in [3.8, 4) is 0 Å². The second-order valence-electron chi connectivity index (χ2n) is 4.54. The van der Waals surface area contributed by atoms with Gasteiger partial charge >= 0.3 is 0 Å². The molecule has 0 unspecified atom stereocenters. The molecular formula is C13H18N4O2. The molecule has 2 N–H and O–H groups in total. The number of rotatable bonds is 3. The van der Waals surface area contributed by atoms with Gasteiger partial charge in [-0.25, -0.2) is 0 Å². The van der Waals surface area contributed by atoms with Gasteiger partial charge in [0.1, 0.15) is 5.69 Å². The summed E-state index contributed by atoms with van der Waals surface area (Å²) in [5.41, 5.74) is 0.323. The summed E-state index contributed by atoms with van der Waals surface area (Å²) < 4.78 is 0. The predicted molar refractivity (Wildman–Crippen MR) is 70.6 cm³/mol. The van der Waals surface area contributed by atoms with Crippen LogP contribution in [-0.2, 0) is 4.79 Å². The Balaban J connectivity index is 1.85. The van der Waals surface area contributed by atoms with Gasteiger partial charge in [0.15, 0.2) is 0 Å². The highest BCUT2D eigenvalue weighted by Gasteiger charge is 2.23. The lowest BCUT2D eigenvalue weighted by Crippen LogP contribution is -2.54. The van der Waals surface area contributed by atoms with Gasteiger partial charge < -0.3 is 15.5 Å². The van der Waals surface area contributed by atoms with Gasteiger partial charge in [0.2, 0.25) is 5.91 Å². The minimum Gasteiger partial charge on any atom is -0.342 e. The Labute approximate surface area is 112 Å². The Morgan fingerprint density at radius 1 is 1.53 bits per heavy atom. The molecule has 6 nitrogen and oxygen atoms in total. The summed E-state index contributed by atoms with van der Waals surface area (Å²) in [5, 5.41) is 5.82. The van der Waals surface area contributed by atoms with E-state index in [4.69, 9.17) is 0 Å². The first-order chi connectivity index (χ1) is 9.18. The lowest BCUT2D eigenvalue weighted by atomic mass is 10.2. The molecule has 0 aromatic carbocycles. The van der Waals surface area contributed by atoms with Crippen molar-refractivity contribution in [2.75, 3.05) is 26.2 Å². The van der Waals surface area contributed by atoms with Crippen LogP contribution in [0.25, 0.3) is 0 Å². The fourth-order valence-corrected chi connectivity index (χ4v) is 2.06. The standard InChI is InChI=1S/C13H18N4O2/c1-10-8-14-6-7-17(10)12(18)9-16-13(19)11-4-2-3-5-15-11/h2-5,10,14H,6-9H2,1H3,(H,16,19)/t10-/m0/s1. The average molecular weight is 262 g/mol.